The summed E-state index contributed by atoms with van der Waals surface area (Å²) in [5.41, 5.74) is 0. The van der Waals surface area contributed by atoms with Gasteiger partial charge in [-0.3, -0.25) is 0 Å². The molecule has 1 aromatic rings. The second-order valence-electron chi connectivity index (χ2n) is 5.33. The van der Waals surface area contributed by atoms with Crippen molar-refractivity contribution in [3.05, 3.63) is 18.2 Å². The number of unbranched alkanes of at least 4 members (excludes halogenated alkanes) is 6. The van der Waals surface area contributed by atoms with Gasteiger partial charge in [-0.25, -0.2) is 4.98 Å². The molecule has 0 unspecified atom stereocenters. The molecule has 0 saturated heterocycles. The predicted molar refractivity (Wildman–Crippen MR) is 83.8 cm³/mol. The van der Waals surface area contributed by atoms with E-state index in [1.165, 1.54) is 44.9 Å². The quantitative estimate of drug-likeness (QED) is 0.563. The molecule has 1 aromatic heterocycles. The second-order valence-corrected chi connectivity index (χ2v) is 5.33. The summed E-state index contributed by atoms with van der Waals surface area (Å²) in [7, 11) is 1.73. The number of ether oxygens (including phenoxy) is 1. The number of nitrogens with zero attached hydrogens (tertiary/aromatic N) is 2. The van der Waals surface area contributed by atoms with Crippen molar-refractivity contribution in [3.63, 3.8) is 0 Å². The van der Waals surface area contributed by atoms with Crippen molar-refractivity contribution < 1.29 is 4.74 Å². The lowest BCUT2D eigenvalue weighted by atomic mass is 10.1. The number of aromatic nitrogens is 2. The number of aryl methyl sites for hydroxylation is 1. The Kier molecular flexibility index (Phi) is 10.2. The lowest BCUT2D eigenvalue weighted by Gasteiger charge is -2.08. The Morgan fingerprint density at radius 3 is 2.65 bits per heavy atom. The van der Waals surface area contributed by atoms with E-state index >= 15 is 0 Å². The molecule has 1 heterocycles. The summed E-state index contributed by atoms with van der Waals surface area (Å²) >= 11 is 0. The molecule has 1 N–H and O–H groups in total. The van der Waals surface area contributed by atoms with Crippen LogP contribution in [0.2, 0.25) is 0 Å². The monoisotopic (exact) mass is 281 g/mol. The van der Waals surface area contributed by atoms with Gasteiger partial charge in [-0.15, -0.1) is 0 Å². The molecule has 1 rings (SSSR count). The zero-order valence-corrected chi connectivity index (χ0v) is 13.2. The van der Waals surface area contributed by atoms with E-state index in [-0.39, 0.29) is 0 Å². The first-order valence-electron chi connectivity index (χ1n) is 8.08. The lowest BCUT2D eigenvalue weighted by molar-refractivity contribution is 0.199. The zero-order valence-electron chi connectivity index (χ0n) is 13.2. The van der Waals surface area contributed by atoms with Gasteiger partial charge in [0.2, 0.25) is 0 Å². The predicted octanol–water partition coefficient (Wildman–Crippen LogP) is 3.37. The van der Waals surface area contributed by atoms with Crippen LogP contribution >= 0.6 is 0 Å². The summed E-state index contributed by atoms with van der Waals surface area (Å²) in [5, 5.41) is 3.35. The van der Waals surface area contributed by atoms with Crippen LogP contribution in [0.3, 0.4) is 0 Å². The molecule has 116 valence electrons. The van der Waals surface area contributed by atoms with E-state index < -0.39 is 0 Å². The van der Waals surface area contributed by atoms with Crippen LogP contribution in [-0.4, -0.2) is 29.8 Å². The number of rotatable bonds is 13. The van der Waals surface area contributed by atoms with Crippen LogP contribution in [0, 0.1) is 0 Å². The molecule has 0 bridgehead atoms. The van der Waals surface area contributed by atoms with Gasteiger partial charge in [-0.1, -0.05) is 45.4 Å². The summed E-state index contributed by atoms with van der Waals surface area (Å²) in [6.45, 7) is 5.81. The fourth-order valence-corrected chi connectivity index (χ4v) is 2.32. The van der Waals surface area contributed by atoms with Crippen LogP contribution in [0.25, 0.3) is 0 Å². The van der Waals surface area contributed by atoms with E-state index in [1.807, 2.05) is 6.20 Å². The molecule has 0 aromatic carbocycles. The number of imidazole rings is 1. The summed E-state index contributed by atoms with van der Waals surface area (Å²) < 4.78 is 7.29. The molecule has 0 aliphatic carbocycles. The van der Waals surface area contributed by atoms with Crippen molar-refractivity contribution in [2.75, 3.05) is 20.3 Å². The van der Waals surface area contributed by atoms with Gasteiger partial charge in [0.05, 0.1) is 13.2 Å². The maximum atomic E-state index is 5.02. The smallest absolute Gasteiger partial charge is 0.122 e. The molecule has 0 aliphatic rings. The standard InChI is InChI=1S/C16H31N3O/c1-3-4-5-6-7-8-9-12-19-13-10-18-16(19)15-17-11-14-20-2/h10,13,17H,3-9,11-12,14-15H2,1-2H3. The number of hydrogen-bond acceptors (Lipinski definition) is 3. The Morgan fingerprint density at radius 1 is 1.15 bits per heavy atom. The van der Waals surface area contributed by atoms with E-state index in [0.29, 0.717) is 0 Å². The molecule has 0 spiro atoms. The van der Waals surface area contributed by atoms with Crippen LogP contribution in [0.4, 0.5) is 0 Å². The molecule has 0 saturated carbocycles. The second kappa shape index (κ2) is 11.9. The van der Waals surface area contributed by atoms with Gasteiger partial charge in [-0.05, 0) is 6.42 Å². The first-order chi connectivity index (χ1) is 9.88. The third kappa shape index (κ3) is 7.65. The van der Waals surface area contributed by atoms with Crippen LogP contribution < -0.4 is 5.32 Å². The van der Waals surface area contributed by atoms with Crippen LogP contribution in [-0.2, 0) is 17.8 Å². The molecule has 0 fully saturated rings. The topological polar surface area (TPSA) is 39.1 Å². The van der Waals surface area contributed by atoms with Crippen LogP contribution in [0.15, 0.2) is 12.4 Å². The first-order valence-corrected chi connectivity index (χ1v) is 8.08. The van der Waals surface area contributed by atoms with Crippen molar-refractivity contribution in [3.8, 4) is 0 Å². The van der Waals surface area contributed by atoms with Gasteiger partial charge < -0.3 is 14.6 Å². The molecule has 0 radical (unpaired) electrons. The van der Waals surface area contributed by atoms with Crippen LogP contribution in [0.1, 0.15) is 57.7 Å². The van der Waals surface area contributed by atoms with E-state index in [4.69, 9.17) is 4.74 Å². The molecule has 20 heavy (non-hydrogen) atoms. The fraction of sp³-hybridized carbons (Fsp3) is 0.812. The van der Waals surface area contributed by atoms with Crippen molar-refractivity contribution in [2.24, 2.45) is 0 Å². The van der Waals surface area contributed by atoms with Crippen molar-refractivity contribution >= 4 is 0 Å². The van der Waals surface area contributed by atoms with Crippen LogP contribution in [0.5, 0.6) is 0 Å². The van der Waals surface area contributed by atoms with E-state index in [2.05, 4.69) is 28.0 Å². The van der Waals surface area contributed by atoms with Gasteiger partial charge in [0, 0.05) is 32.6 Å². The van der Waals surface area contributed by atoms with E-state index in [9.17, 15) is 0 Å². The van der Waals surface area contributed by atoms with Gasteiger partial charge in [0.15, 0.2) is 0 Å². The van der Waals surface area contributed by atoms with Gasteiger partial charge in [-0.2, -0.15) is 0 Å². The average Bonchev–Trinajstić information content (AvgIpc) is 2.90. The molecule has 0 amide bonds. The third-order valence-electron chi connectivity index (χ3n) is 3.57. The van der Waals surface area contributed by atoms with Gasteiger partial charge >= 0.3 is 0 Å². The number of nitrogens with one attached hydrogen (secondary N) is 1. The van der Waals surface area contributed by atoms with Gasteiger partial charge in [0.1, 0.15) is 5.82 Å². The fourth-order valence-electron chi connectivity index (χ4n) is 2.32. The molecule has 4 nitrogen and oxygen atoms in total. The highest BCUT2D eigenvalue weighted by Crippen LogP contribution is 2.08. The largest absolute Gasteiger partial charge is 0.383 e. The third-order valence-corrected chi connectivity index (χ3v) is 3.57. The Morgan fingerprint density at radius 2 is 1.90 bits per heavy atom. The molecule has 0 aliphatic heterocycles. The Hall–Kier alpha value is -0.870. The molecular weight excluding hydrogens is 250 g/mol. The van der Waals surface area contributed by atoms with Crippen molar-refractivity contribution in [1.82, 2.24) is 14.9 Å². The Balaban J connectivity index is 2.09. The highest BCUT2D eigenvalue weighted by Gasteiger charge is 2.01. The maximum absolute atomic E-state index is 5.02. The minimum Gasteiger partial charge on any atom is -0.383 e. The Labute approximate surface area is 123 Å². The summed E-state index contributed by atoms with van der Waals surface area (Å²) in [4.78, 5) is 4.41. The minimum absolute atomic E-state index is 0.748. The maximum Gasteiger partial charge on any atom is 0.122 e. The lowest BCUT2D eigenvalue weighted by Crippen LogP contribution is -2.21. The average molecular weight is 281 g/mol. The van der Waals surface area contributed by atoms with E-state index in [1.54, 1.807) is 7.11 Å². The Bertz CT molecular complexity index is 325. The zero-order chi connectivity index (χ0) is 14.5. The number of hydrogen-bond donors (Lipinski definition) is 1. The summed E-state index contributed by atoms with van der Waals surface area (Å²) in [6.07, 6.45) is 13.5. The van der Waals surface area contributed by atoms with Crippen molar-refractivity contribution in [1.29, 1.82) is 0 Å². The SMILES string of the molecule is CCCCCCCCCn1ccnc1CNCCOC. The number of methoxy groups -OCH3 is 1. The normalized spacial score (nSPS) is 11.1. The highest BCUT2D eigenvalue weighted by atomic mass is 16.5. The summed E-state index contributed by atoms with van der Waals surface area (Å²) in [5.74, 6) is 1.13. The first kappa shape index (κ1) is 17.2. The van der Waals surface area contributed by atoms with Gasteiger partial charge in [0.25, 0.3) is 0 Å². The summed E-state index contributed by atoms with van der Waals surface area (Å²) in [6, 6.07) is 0. The van der Waals surface area contributed by atoms with Crippen molar-refractivity contribution in [2.45, 2.75) is 65.0 Å². The highest BCUT2D eigenvalue weighted by molar-refractivity contribution is 4.91. The minimum atomic E-state index is 0.748. The molecular formula is C16H31N3O. The molecule has 4 heteroatoms. The van der Waals surface area contributed by atoms with E-state index in [0.717, 1.165) is 32.1 Å². The molecule has 0 atom stereocenters.